The Morgan fingerprint density at radius 3 is 2.20 bits per heavy atom. The van der Waals surface area contributed by atoms with Gasteiger partial charge in [0.15, 0.2) is 5.17 Å². The van der Waals surface area contributed by atoms with Crippen LogP contribution in [0.3, 0.4) is 0 Å². The second-order valence-corrected chi connectivity index (χ2v) is 5.20. The van der Waals surface area contributed by atoms with Crippen LogP contribution in [0.4, 0.5) is 0 Å². The Bertz CT molecular complexity index is 565. The van der Waals surface area contributed by atoms with Gasteiger partial charge in [0.25, 0.3) is 0 Å². The standard InChI is InChI=1S/C16H17N3S/c17-16(20-13-15-9-5-2-6-10-15)19-18-12-11-14-7-3-1-4-8-14/h1-10,12H,11,13H2,(H2,17,19). The zero-order valence-electron chi connectivity index (χ0n) is 11.1. The van der Waals surface area contributed by atoms with E-state index in [0.29, 0.717) is 5.17 Å². The molecular formula is C16H17N3S. The van der Waals surface area contributed by atoms with Gasteiger partial charge in [-0.1, -0.05) is 72.4 Å². The molecule has 2 aromatic rings. The van der Waals surface area contributed by atoms with E-state index in [1.54, 1.807) is 6.21 Å². The molecule has 0 aliphatic carbocycles. The molecule has 0 saturated heterocycles. The maximum atomic E-state index is 5.80. The van der Waals surface area contributed by atoms with E-state index in [1.807, 2.05) is 36.4 Å². The van der Waals surface area contributed by atoms with E-state index in [1.165, 1.54) is 22.9 Å². The quantitative estimate of drug-likeness (QED) is 0.519. The minimum Gasteiger partial charge on any atom is -0.377 e. The van der Waals surface area contributed by atoms with Gasteiger partial charge in [-0.15, -0.1) is 5.10 Å². The van der Waals surface area contributed by atoms with Gasteiger partial charge in [0, 0.05) is 18.4 Å². The second kappa shape index (κ2) is 8.17. The van der Waals surface area contributed by atoms with Crippen LogP contribution in [-0.4, -0.2) is 11.4 Å². The Kier molecular flexibility index (Phi) is 5.86. The molecule has 0 aromatic heterocycles. The summed E-state index contributed by atoms with van der Waals surface area (Å²) in [6.07, 6.45) is 2.53. The smallest absolute Gasteiger partial charge is 0.180 e. The molecule has 0 fully saturated rings. The topological polar surface area (TPSA) is 50.7 Å². The lowest BCUT2D eigenvalue weighted by molar-refractivity contribution is 1.22. The molecule has 0 aliphatic rings. The fourth-order valence-electron chi connectivity index (χ4n) is 1.62. The van der Waals surface area contributed by atoms with E-state index in [2.05, 4.69) is 34.5 Å². The minimum atomic E-state index is 0.484. The summed E-state index contributed by atoms with van der Waals surface area (Å²) in [6, 6.07) is 20.3. The molecule has 2 N–H and O–H groups in total. The van der Waals surface area contributed by atoms with Crippen molar-refractivity contribution >= 4 is 23.1 Å². The molecule has 4 heteroatoms. The molecule has 0 bridgehead atoms. The number of thioether (sulfide) groups is 1. The second-order valence-electron chi connectivity index (χ2n) is 4.20. The van der Waals surface area contributed by atoms with Crippen LogP contribution >= 0.6 is 11.8 Å². The number of benzene rings is 2. The summed E-state index contributed by atoms with van der Waals surface area (Å²) >= 11 is 1.49. The van der Waals surface area contributed by atoms with Crippen LogP contribution in [0.15, 0.2) is 70.9 Å². The Hall–Kier alpha value is -2.07. The molecule has 0 radical (unpaired) electrons. The van der Waals surface area contributed by atoms with Crippen LogP contribution in [-0.2, 0) is 12.2 Å². The Balaban J connectivity index is 1.76. The number of rotatable bonds is 5. The van der Waals surface area contributed by atoms with Crippen LogP contribution in [0.25, 0.3) is 0 Å². The number of nitrogens with two attached hydrogens (primary N) is 1. The predicted octanol–water partition coefficient (Wildman–Crippen LogP) is 3.46. The number of nitrogens with zero attached hydrogens (tertiary/aromatic N) is 2. The Morgan fingerprint density at radius 1 is 0.950 bits per heavy atom. The van der Waals surface area contributed by atoms with Crippen molar-refractivity contribution in [2.75, 3.05) is 0 Å². The lowest BCUT2D eigenvalue weighted by Crippen LogP contribution is -2.06. The van der Waals surface area contributed by atoms with Crippen molar-refractivity contribution in [2.24, 2.45) is 15.9 Å². The van der Waals surface area contributed by atoms with Crippen molar-refractivity contribution in [3.05, 3.63) is 71.8 Å². The van der Waals surface area contributed by atoms with Crippen LogP contribution in [0.2, 0.25) is 0 Å². The summed E-state index contributed by atoms with van der Waals surface area (Å²) in [5.74, 6) is 0.810. The van der Waals surface area contributed by atoms with Gasteiger partial charge in [-0.2, -0.15) is 5.10 Å². The van der Waals surface area contributed by atoms with Crippen LogP contribution in [0, 0.1) is 0 Å². The molecule has 3 nitrogen and oxygen atoms in total. The number of hydrogen-bond acceptors (Lipinski definition) is 3. The Morgan fingerprint density at radius 2 is 1.55 bits per heavy atom. The molecule has 0 atom stereocenters. The van der Waals surface area contributed by atoms with E-state index in [-0.39, 0.29) is 0 Å². The van der Waals surface area contributed by atoms with E-state index >= 15 is 0 Å². The highest BCUT2D eigenvalue weighted by Crippen LogP contribution is 2.11. The highest BCUT2D eigenvalue weighted by molar-refractivity contribution is 8.13. The predicted molar refractivity (Wildman–Crippen MR) is 88.0 cm³/mol. The van der Waals surface area contributed by atoms with Crippen LogP contribution in [0.1, 0.15) is 11.1 Å². The molecule has 2 aromatic carbocycles. The summed E-state index contributed by atoms with van der Waals surface area (Å²) in [7, 11) is 0. The molecular weight excluding hydrogens is 266 g/mol. The zero-order chi connectivity index (χ0) is 14.0. The maximum Gasteiger partial charge on any atom is 0.180 e. The lowest BCUT2D eigenvalue weighted by Gasteiger charge is -1.99. The summed E-state index contributed by atoms with van der Waals surface area (Å²) in [6.45, 7) is 0. The van der Waals surface area contributed by atoms with E-state index in [9.17, 15) is 0 Å². The van der Waals surface area contributed by atoms with Gasteiger partial charge in [-0.05, 0) is 11.1 Å². The zero-order valence-corrected chi connectivity index (χ0v) is 12.0. The largest absolute Gasteiger partial charge is 0.377 e. The lowest BCUT2D eigenvalue weighted by atomic mass is 10.2. The van der Waals surface area contributed by atoms with E-state index < -0.39 is 0 Å². The highest BCUT2D eigenvalue weighted by Gasteiger charge is 1.95. The molecule has 102 valence electrons. The summed E-state index contributed by atoms with van der Waals surface area (Å²) in [4.78, 5) is 0. The summed E-state index contributed by atoms with van der Waals surface area (Å²) in [5.41, 5.74) is 8.24. The van der Waals surface area contributed by atoms with Gasteiger partial charge in [0.05, 0.1) is 0 Å². The SMILES string of the molecule is N/C(=N/N=CCc1ccccc1)SCc1ccccc1. The van der Waals surface area contributed by atoms with Gasteiger partial charge >= 0.3 is 0 Å². The highest BCUT2D eigenvalue weighted by atomic mass is 32.2. The summed E-state index contributed by atoms with van der Waals surface area (Å²) in [5, 5.41) is 8.46. The molecule has 0 heterocycles. The molecule has 0 aliphatic heterocycles. The monoisotopic (exact) mass is 283 g/mol. The third kappa shape index (κ3) is 5.28. The van der Waals surface area contributed by atoms with E-state index in [0.717, 1.165) is 12.2 Å². The fourth-order valence-corrected chi connectivity index (χ4v) is 2.23. The van der Waals surface area contributed by atoms with Crippen LogP contribution in [0.5, 0.6) is 0 Å². The molecule has 0 amide bonds. The van der Waals surface area contributed by atoms with Gasteiger partial charge in [0.2, 0.25) is 0 Å². The molecule has 0 saturated carbocycles. The first-order valence-electron chi connectivity index (χ1n) is 6.40. The molecule has 0 unspecified atom stereocenters. The summed E-state index contributed by atoms with van der Waals surface area (Å²) < 4.78 is 0. The first-order valence-corrected chi connectivity index (χ1v) is 7.39. The maximum absolute atomic E-state index is 5.80. The van der Waals surface area contributed by atoms with Gasteiger partial charge in [-0.3, -0.25) is 0 Å². The van der Waals surface area contributed by atoms with Crippen molar-refractivity contribution < 1.29 is 0 Å². The molecule has 0 spiro atoms. The fraction of sp³-hybridized carbons (Fsp3) is 0.125. The third-order valence-electron chi connectivity index (χ3n) is 2.64. The number of hydrogen-bond donors (Lipinski definition) is 1. The Labute approximate surface area is 123 Å². The number of amidine groups is 1. The van der Waals surface area contributed by atoms with Crippen molar-refractivity contribution in [1.82, 2.24) is 0 Å². The normalized spacial score (nSPS) is 11.9. The average molecular weight is 283 g/mol. The minimum absolute atomic E-state index is 0.484. The van der Waals surface area contributed by atoms with Gasteiger partial charge < -0.3 is 5.73 Å². The third-order valence-corrected chi connectivity index (χ3v) is 3.49. The van der Waals surface area contributed by atoms with Gasteiger partial charge in [-0.25, -0.2) is 0 Å². The van der Waals surface area contributed by atoms with Gasteiger partial charge in [0.1, 0.15) is 0 Å². The van der Waals surface area contributed by atoms with Crippen molar-refractivity contribution in [1.29, 1.82) is 0 Å². The van der Waals surface area contributed by atoms with Crippen molar-refractivity contribution in [3.63, 3.8) is 0 Å². The first-order chi connectivity index (χ1) is 9.84. The average Bonchev–Trinajstić information content (AvgIpc) is 2.52. The molecule has 20 heavy (non-hydrogen) atoms. The molecule has 2 rings (SSSR count). The van der Waals surface area contributed by atoms with Crippen LogP contribution < -0.4 is 5.73 Å². The van der Waals surface area contributed by atoms with Crippen molar-refractivity contribution in [3.8, 4) is 0 Å². The van der Waals surface area contributed by atoms with Crippen molar-refractivity contribution in [2.45, 2.75) is 12.2 Å². The first kappa shape index (κ1) is 14.3. The van der Waals surface area contributed by atoms with E-state index in [4.69, 9.17) is 5.73 Å².